The van der Waals surface area contributed by atoms with Crippen molar-refractivity contribution in [1.29, 1.82) is 0 Å². The van der Waals surface area contributed by atoms with E-state index in [4.69, 9.17) is 23.2 Å². The molecule has 1 unspecified atom stereocenters. The Bertz CT molecular complexity index is 1150. The zero-order chi connectivity index (χ0) is 25.3. The van der Waals surface area contributed by atoms with Gasteiger partial charge in [0.1, 0.15) is 6.04 Å². The lowest BCUT2D eigenvalue weighted by molar-refractivity contribution is -0.141. The molecule has 36 heavy (non-hydrogen) atoms. The maximum atomic E-state index is 13.8. The number of carbonyl (C=O) groups is 2. The van der Waals surface area contributed by atoms with Crippen LogP contribution in [0, 0.1) is 0 Å². The van der Waals surface area contributed by atoms with Gasteiger partial charge in [-0.1, -0.05) is 97.1 Å². The fourth-order valence-corrected chi connectivity index (χ4v) is 5.15. The van der Waals surface area contributed by atoms with Crippen LogP contribution in [0.15, 0.2) is 78.9 Å². The van der Waals surface area contributed by atoms with Gasteiger partial charge in [0, 0.05) is 29.1 Å². The molecule has 0 spiro atoms. The van der Waals surface area contributed by atoms with Crippen LogP contribution in [0.4, 0.5) is 0 Å². The number of halogens is 2. The number of carbonyl (C=O) groups excluding carboxylic acids is 2. The van der Waals surface area contributed by atoms with Gasteiger partial charge in [0.2, 0.25) is 11.8 Å². The monoisotopic (exact) mass is 522 g/mol. The van der Waals surface area contributed by atoms with Crippen molar-refractivity contribution >= 4 is 35.0 Å². The second-order valence-electron chi connectivity index (χ2n) is 9.50. The molecule has 0 aromatic heterocycles. The third kappa shape index (κ3) is 7.59. The lowest BCUT2D eigenvalue weighted by Crippen LogP contribution is -2.53. The van der Waals surface area contributed by atoms with E-state index >= 15 is 0 Å². The van der Waals surface area contributed by atoms with Crippen molar-refractivity contribution in [2.24, 2.45) is 0 Å². The average molecular weight is 524 g/mol. The van der Waals surface area contributed by atoms with Crippen LogP contribution in [0.2, 0.25) is 10.0 Å². The Labute approximate surface area is 223 Å². The third-order valence-corrected chi connectivity index (χ3v) is 7.22. The van der Waals surface area contributed by atoms with Crippen molar-refractivity contribution in [3.63, 3.8) is 0 Å². The highest BCUT2D eigenvalue weighted by molar-refractivity contribution is 6.30. The van der Waals surface area contributed by atoms with Crippen LogP contribution in [-0.4, -0.2) is 28.8 Å². The summed E-state index contributed by atoms with van der Waals surface area (Å²) < 4.78 is 0. The van der Waals surface area contributed by atoms with E-state index < -0.39 is 6.04 Å². The molecule has 1 atom stereocenters. The molecule has 1 aliphatic carbocycles. The van der Waals surface area contributed by atoms with Gasteiger partial charge in [-0.05, 0) is 53.8 Å². The summed E-state index contributed by atoms with van der Waals surface area (Å²) in [5, 5.41) is 4.49. The van der Waals surface area contributed by atoms with Crippen LogP contribution in [0.3, 0.4) is 0 Å². The van der Waals surface area contributed by atoms with Gasteiger partial charge in [-0.3, -0.25) is 9.59 Å². The van der Waals surface area contributed by atoms with Crippen LogP contribution >= 0.6 is 23.2 Å². The van der Waals surface area contributed by atoms with E-state index in [2.05, 4.69) is 5.32 Å². The fraction of sp³-hybridized carbons (Fsp3) is 0.333. The van der Waals surface area contributed by atoms with Crippen molar-refractivity contribution < 1.29 is 9.59 Å². The summed E-state index contributed by atoms with van der Waals surface area (Å²) in [5.41, 5.74) is 2.75. The molecule has 0 saturated heterocycles. The van der Waals surface area contributed by atoms with E-state index in [1.807, 2.05) is 66.7 Å². The first-order valence-corrected chi connectivity index (χ1v) is 13.4. The Morgan fingerprint density at radius 1 is 0.806 bits per heavy atom. The quantitative estimate of drug-likeness (QED) is 0.343. The summed E-state index contributed by atoms with van der Waals surface area (Å²) in [6.45, 7) is 0.294. The highest BCUT2D eigenvalue weighted by atomic mass is 35.5. The fourth-order valence-electron chi connectivity index (χ4n) is 4.81. The Morgan fingerprint density at radius 2 is 1.50 bits per heavy atom. The summed E-state index contributed by atoms with van der Waals surface area (Å²) in [7, 11) is 0. The highest BCUT2D eigenvalue weighted by Gasteiger charge is 2.32. The van der Waals surface area contributed by atoms with Gasteiger partial charge in [0.25, 0.3) is 0 Å². The van der Waals surface area contributed by atoms with Crippen LogP contribution in [0.1, 0.15) is 48.8 Å². The second-order valence-corrected chi connectivity index (χ2v) is 10.4. The predicted molar refractivity (Wildman–Crippen MR) is 146 cm³/mol. The molecule has 1 fully saturated rings. The van der Waals surface area contributed by atoms with Crippen molar-refractivity contribution in [1.82, 2.24) is 10.2 Å². The van der Waals surface area contributed by atoms with E-state index in [9.17, 15) is 9.59 Å². The van der Waals surface area contributed by atoms with Crippen LogP contribution in [0.5, 0.6) is 0 Å². The molecule has 2 amide bonds. The van der Waals surface area contributed by atoms with E-state index in [1.165, 1.54) is 6.42 Å². The number of nitrogens with zero attached hydrogens (tertiary/aromatic N) is 1. The summed E-state index contributed by atoms with van der Waals surface area (Å²) in [5.74, 6) is -0.214. The Morgan fingerprint density at radius 3 is 2.19 bits per heavy atom. The Kier molecular flexibility index (Phi) is 9.43. The molecule has 0 bridgehead atoms. The van der Waals surface area contributed by atoms with Crippen LogP contribution in [-0.2, 0) is 29.0 Å². The number of hydrogen-bond acceptors (Lipinski definition) is 2. The number of benzene rings is 3. The average Bonchev–Trinajstić information content (AvgIpc) is 2.88. The normalized spacial score (nSPS) is 14.7. The number of rotatable bonds is 9. The number of hydrogen-bond donors (Lipinski definition) is 1. The summed E-state index contributed by atoms with van der Waals surface area (Å²) >= 11 is 12.3. The molecule has 4 nitrogen and oxygen atoms in total. The van der Waals surface area contributed by atoms with Crippen molar-refractivity contribution in [3.8, 4) is 0 Å². The first-order valence-electron chi connectivity index (χ1n) is 12.6. The first-order chi connectivity index (χ1) is 17.5. The molecule has 188 valence electrons. The van der Waals surface area contributed by atoms with E-state index in [-0.39, 0.29) is 24.3 Å². The first kappa shape index (κ1) is 26.2. The largest absolute Gasteiger partial charge is 0.352 e. The van der Waals surface area contributed by atoms with Crippen molar-refractivity contribution in [2.45, 2.75) is 63.6 Å². The minimum Gasteiger partial charge on any atom is -0.352 e. The Hall–Kier alpha value is -2.82. The van der Waals surface area contributed by atoms with Gasteiger partial charge >= 0.3 is 0 Å². The van der Waals surface area contributed by atoms with Gasteiger partial charge in [0.15, 0.2) is 0 Å². The van der Waals surface area contributed by atoms with Gasteiger partial charge in [-0.2, -0.15) is 0 Å². The minimum absolute atomic E-state index is 0.0998. The highest BCUT2D eigenvalue weighted by Crippen LogP contribution is 2.21. The third-order valence-electron chi connectivity index (χ3n) is 6.73. The smallest absolute Gasteiger partial charge is 0.243 e. The summed E-state index contributed by atoms with van der Waals surface area (Å²) in [6.07, 6.45) is 6.03. The standard InChI is InChI=1S/C30H32Cl2N2O2/c31-25-16-14-23(15-17-25)20-29(35)34(21-24-10-7-11-26(32)18-24)28(19-22-8-3-1-4-9-22)30(36)33-27-12-5-2-6-13-27/h1,3-4,7-11,14-18,27-28H,2,5-6,12-13,19-21H2,(H,33,36). The molecule has 0 aliphatic heterocycles. The topological polar surface area (TPSA) is 49.4 Å². The second kappa shape index (κ2) is 12.9. The summed E-state index contributed by atoms with van der Waals surface area (Å²) in [4.78, 5) is 29.3. The molecule has 4 rings (SSSR count). The molecule has 0 radical (unpaired) electrons. The van der Waals surface area contributed by atoms with Gasteiger partial charge < -0.3 is 10.2 Å². The van der Waals surface area contributed by atoms with E-state index in [1.54, 1.807) is 17.0 Å². The Balaban J connectivity index is 1.65. The molecule has 3 aromatic rings. The molecule has 6 heteroatoms. The zero-order valence-corrected chi connectivity index (χ0v) is 21.8. The molecule has 0 heterocycles. The van der Waals surface area contributed by atoms with E-state index in [0.29, 0.717) is 23.0 Å². The van der Waals surface area contributed by atoms with Crippen molar-refractivity contribution in [2.75, 3.05) is 0 Å². The predicted octanol–water partition coefficient (Wildman–Crippen LogP) is 6.62. The lowest BCUT2D eigenvalue weighted by atomic mass is 9.94. The molecule has 1 saturated carbocycles. The summed E-state index contributed by atoms with van der Waals surface area (Å²) in [6, 6.07) is 24.1. The van der Waals surface area contributed by atoms with Crippen LogP contribution < -0.4 is 5.32 Å². The number of nitrogens with one attached hydrogen (secondary N) is 1. The molecular weight excluding hydrogens is 491 g/mol. The maximum absolute atomic E-state index is 13.8. The molecule has 1 N–H and O–H groups in total. The van der Waals surface area contributed by atoms with Crippen molar-refractivity contribution in [3.05, 3.63) is 106 Å². The number of amides is 2. The molecule has 1 aliphatic rings. The van der Waals surface area contributed by atoms with E-state index in [0.717, 1.165) is 42.4 Å². The molecule has 3 aromatic carbocycles. The zero-order valence-electron chi connectivity index (χ0n) is 20.3. The SMILES string of the molecule is O=C(NC1CCCCC1)C(Cc1ccccc1)N(Cc1cccc(Cl)c1)C(=O)Cc1ccc(Cl)cc1. The van der Waals surface area contributed by atoms with Gasteiger partial charge in [0.05, 0.1) is 6.42 Å². The minimum atomic E-state index is -0.645. The van der Waals surface area contributed by atoms with Gasteiger partial charge in [-0.25, -0.2) is 0 Å². The van der Waals surface area contributed by atoms with Gasteiger partial charge in [-0.15, -0.1) is 0 Å². The lowest BCUT2D eigenvalue weighted by Gasteiger charge is -2.33. The van der Waals surface area contributed by atoms with Crippen LogP contribution in [0.25, 0.3) is 0 Å². The molecular formula is C30H32Cl2N2O2. The maximum Gasteiger partial charge on any atom is 0.243 e.